The van der Waals surface area contributed by atoms with Crippen LogP contribution in [0.2, 0.25) is 0 Å². The van der Waals surface area contributed by atoms with Gasteiger partial charge in [-0.25, -0.2) is 0 Å². The summed E-state index contributed by atoms with van der Waals surface area (Å²) in [5, 5.41) is 3.06. The molecule has 156 valence electrons. The van der Waals surface area contributed by atoms with Crippen molar-refractivity contribution in [3.05, 3.63) is 70.8 Å². The minimum Gasteiger partial charge on any atom is -0.352 e. The lowest BCUT2D eigenvalue weighted by Gasteiger charge is -2.32. The molecular formula is C25H34N2O2. The average molecular weight is 395 g/mol. The molecule has 4 nitrogen and oxygen atoms in total. The predicted octanol–water partition coefficient (Wildman–Crippen LogP) is 4.57. The van der Waals surface area contributed by atoms with Crippen LogP contribution in [0.25, 0.3) is 0 Å². The van der Waals surface area contributed by atoms with Gasteiger partial charge in [-0.15, -0.1) is 0 Å². The molecule has 2 unspecified atom stereocenters. The molecule has 0 aliphatic rings. The highest BCUT2D eigenvalue weighted by Gasteiger charge is 2.29. The summed E-state index contributed by atoms with van der Waals surface area (Å²) >= 11 is 0. The highest BCUT2D eigenvalue weighted by molar-refractivity contribution is 5.88. The van der Waals surface area contributed by atoms with Gasteiger partial charge in [-0.3, -0.25) is 9.59 Å². The summed E-state index contributed by atoms with van der Waals surface area (Å²) in [4.78, 5) is 28.1. The molecule has 29 heavy (non-hydrogen) atoms. The van der Waals surface area contributed by atoms with Gasteiger partial charge >= 0.3 is 0 Å². The number of amides is 2. The normalized spacial score (nSPS) is 12.9. The van der Waals surface area contributed by atoms with Crippen molar-refractivity contribution < 1.29 is 9.59 Å². The zero-order valence-corrected chi connectivity index (χ0v) is 18.4. The molecule has 0 saturated carbocycles. The number of carbonyl (C=O) groups excluding carboxylic acids is 2. The molecule has 0 aliphatic heterocycles. The van der Waals surface area contributed by atoms with Crippen LogP contribution in [0.3, 0.4) is 0 Å². The summed E-state index contributed by atoms with van der Waals surface area (Å²) < 4.78 is 0. The summed E-state index contributed by atoms with van der Waals surface area (Å²) in [6.07, 6.45) is 1.73. The first-order chi connectivity index (χ1) is 13.8. The zero-order valence-electron chi connectivity index (χ0n) is 18.4. The molecule has 1 N–H and O–H groups in total. The molecule has 0 fully saturated rings. The van der Waals surface area contributed by atoms with Crippen LogP contribution in [0.15, 0.2) is 48.5 Å². The van der Waals surface area contributed by atoms with Gasteiger partial charge in [0.1, 0.15) is 6.04 Å². The molecule has 0 radical (unpaired) electrons. The van der Waals surface area contributed by atoms with Crippen LogP contribution in [0, 0.1) is 13.8 Å². The van der Waals surface area contributed by atoms with Crippen LogP contribution in [-0.2, 0) is 22.6 Å². The maximum absolute atomic E-state index is 13.3. The summed E-state index contributed by atoms with van der Waals surface area (Å²) in [7, 11) is 0. The Bertz CT molecular complexity index is 831. The van der Waals surface area contributed by atoms with Gasteiger partial charge in [-0.05, 0) is 50.3 Å². The topological polar surface area (TPSA) is 49.4 Å². The molecule has 2 amide bonds. The van der Waals surface area contributed by atoms with E-state index >= 15 is 0 Å². The van der Waals surface area contributed by atoms with E-state index in [0.29, 0.717) is 19.4 Å². The van der Waals surface area contributed by atoms with Gasteiger partial charge in [0.25, 0.3) is 0 Å². The Kier molecular flexibility index (Phi) is 8.44. The minimum atomic E-state index is -0.485. The molecule has 2 rings (SSSR count). The number of rotatable bonds is 9. The minimum absolute atomic E-state index is 0.0231. The maximum Gasteiger partial charge on any atom is 0.243 e. The first-order valence-corrected chi connectivity index (χ1v) is 10.6. The second kappa shape index (κ2) is 10.8. The van der Waals surface area contributed by atoms with Crippen molar-refractivity contribution in [2.24, 2.45) is 0 Å². The van der Waals surface area contributed by atoms with Gasteiger partial charge in [0, 0.05) is 12.6 Å². The van der Waals surface area contributed by atoms with Gasteiger partial charge in [0.15, 0.2) is 0 Å². The lowest BCUT2D eigenvalue weighted by atomic mass is 10.0. The zero-order chi connectivity index (χ0) is 21.4. The van der Waals surface area contributed by atoms with Gasteiger partial charge in [-0.1, -0.05) is 67.9 Å². The molecule has 0 heterocycles. The highest BCUT2D eigenvalue weighted by atomic mass is 16.2. The average Bonchev–Trinajstić information content (AvgIpc) is 2.69. The van der Waals surface area contributed by atoms with E-state index in [9.17, 15) is 9.59 Å². The first kappa shape index (κ1) is 22.7. The Hall–Kier alpha value is -2.62. The Labute approximate surface area is 175 Å². The van der Waals surface area contributed by atoms with Crippen LogP contribution in [-0.4, -0.2) is 28.8 Å². The van der Waals surface area contributed by atoms with Gasteiger partial charge in [0.2, 0.25) is 11.8 Å². The van der Waals surface area contributed by atoms with Crippen LogP contribution in [0.1, 0.15) is 55.9 Å². The molecule has 0 aromatic heterocycles. The molecule has 2 aromatic carbocycles. The van der Waals surface area contributed by atoms with Crippen LogP contribution < -0.4 is 5.32 Å². The molecular weight excluding hydrogens is 360 g/mol. The number of aryl methyl sites for hydroxylation is 2. The largest absolute Gasteiger partial charge is 0.352 e. The van der Waals surface area contributed by atoms with E-state index in [1.807, 2.05) is 83.1 Å². The number of carbonyl (C=O) groups is 2. The van der Waals surface area contributed by atoms with Crippen molar-refractivity contribution >= 4 is 11.8 Å². The summed E-state index contributed by atoms with van der Waals surface area (Å²) in [5.41, 5.74) is 4.29. The summed E-state index contributed by atoms with van der Waals surface area (Å²) in [6.45, 7) is 10.5. The third kappa shape index (κ3) is 6.45. The van der Waals surface area contributed by atoms with Crippen molar-refractivity contribution in [2.45, 2.75) is 72.5 Å². The lowest BCUT2D eigenvalue weighted by Crippen LogP contribution is -2.51. The van der Waals surface area contributed by atoms with E-state index in [0.717, 1.165) is 28.7 Å². The highest BCUT2D eigenvalue weighted by Crippen LogP contribution is 2.17. The Balaban J connectivity index is 2.31. The molecule has 2 aromatic rings. The first-order valence-electron chi connectivity index (χ1n) is 10.6. The fourth-order valence-corrected chi connectivity index (χ4v) is 3.43. The quantitative estimate of drug-likeness (QED) is 0.677. The number of hydrogen-bond acceptors (Lipinski definition) is 2. The van der Waals surface area contributed by atoms with Crippen LogP contribution in [0.4, 0.5) is 0 Å². The molecule has 0 saturated heterocycles. The molecule has 0 aliphatic carbocycles. The monoisotopic (exact) mass is 394 g/mol. The Morgan fingerprint density at radius 3 is 2.34 bits per heavy atom. The molecule has 0 spiro atoms. The van der Waals surface area contributed by atoms with Crippen molar-refractivity contribution in [2.75, 3.05) is 0 Å². The van der Waals surface area contributed by atoms with Gasteiger partial charge in [-0.2, -0.15) is 0 Å². The Morgan fingerprint density at radius 1 is 1.00 bits per heavy atom. The van der Waals surface area contributed by atoms with Gasteiger partial charge < -0.3 is 10.2 Å². The molecule has 2 atom stereocenters. The van der Waals surface area contributed by atoms with E-state index in [2.05, 4.69) is 5.32 Å². The Morgan fingerprint density at radius 2 is 1.72 bits per heavy atom. The van der Waals surface area contributed by atoms with Crippen LogP contribution >= 0.6 is 0 Å². The lowest BCUT2D eigenvalue weighted by molar-refractivity contribution is -0.141. The smallest absolute Gasteiger partial charge is 0.243 e. The number of hydrogen-bond donors (Lipinski definition) is 1. The number of benzene rings is 2. The van der Waals surface area contributed by atoms with E-state index in [-0.39, 0.29) is 17.9 Å². The number of nitrogens with zero attached hydrogens (tertiary/aromatic N) is 1. The summed E-state index contributed by atoms with van der Waals surface area (Å²) in [5.74, 6) is -0.0990. The van der Waals surface area contributed by atoms with E-state index in [1.54, 1.807) is 4.90 Å². The predicted molar refractivity (Wildman–Crippen MR) is 119 cm³/mol. The van der Waals surface area contributed by atoms with Gasteiger partial charge in [0.05, 0.1) is 6.42 Å². The second-order valence-corrected chi connectivity index (χ2v) is 7.86. The standard InChI is InChI=1S/C25H34N2O2/c1-6-20(5)26-25(29)23(7-2)27(17-22-14-9-8-12-19(22)4)24(28)16-21-13-10-11-18(3)15-21/h8-15,20,23H,6-7,16-17H2,1-5H3,(H,26,29). The SMILES string of the molecule is CCC(C)NC(=O)C(CC)N(Cc1ccccc1C)C(=O)Cc1cccc(C)c1. The fourth-order valence-electron chi connectivity index (χ4n) is 3.43. The van der Waals surface area contributed by atoms with Crippen molar-refractivity contribution in [3.8, 4) is 0 Å². The van der Waals surface area contributed by atoms with Crippen molar-refractivity contribution in [3.63, 3.8) is 0 Å². The van der Waals surface area contributed by atoms with Crippen LogP contribution in [0.5, 0.6) is 0 Å². The second-order valence-electron chi connectivity index (χ2n) is 7.86. The van der Waals surface area contributed by atoms with E-state index in [1.165, 1.54) is 0 Å². The third-order valence-electron chi connectivity index (χ3n) is 5.43. The molecule has 0 bridgehead atoms. The third-order valence-corrected chi connectivity index (χ3v) is 5.43. The molecule has 4 heteroatoms. The van der Waals surface area contributed by atoms with E-state index in [4.69, 9.17) is 0 Å². The van der Waals surface area contributed by atoms with E-state index < -0.39 is 6.04 Å². The van der Waals surface area contributed by atoms with Crippen molar-refractivity contribution in [1.29, 1.82) is 0 Å². The fraction of sp³-hybridized carbons (Fsp3) is 0.440. The number of nitrogens with one attached hydrogen (secondary N) is 1. The summed E-state index contributed by atoms with van der Waals surface area (Å²) in [6, 6.07) is 15.6. The maximum atomic E-state index is 13.3. The van der Waals surface area contributed by atoms with Crippen molar-refractivity contribution in [1.82, 2.24) is 10.2 Å².